The molecule has 0 atom stereocenters. The van der Waals surface area contributed by atoms with E-state index in [0.29, 0.717) is 16.8 Å². The second-order valence-electron chi connectivity index (χ2n) is 6.04. The summed E-state index contributed by atoms with van der Waals surface area (Å²) in [4.78, 5) is 10.8. The van der Waals surface area contributed by atoms with E-state index in [2.05, 4.69) is 32.8 Å². The van der Waals surface area contributed by atoms with Crippen molar-refractivity contribution in [1.82, 2.24) is 9.97 Å². The first-order chi connectivity index (χ1) is 12.7. The highest BCUT2D eigenvalue weighted by molar-refractivity contribution is 5.55. The number of rotatable bonds is 1. The van der Waals surface area contributed by atoms with Crippen LogP contribution >= 0.6 is 0 Å². The number of allylic oxidation sites excluding steroid dienone is 1. The SMILES string of the molecule is Cc1ccc(C#N)c(N2CCC(=CC#Cc3ccc(C#N)cn3)CC2)n1. The van der Waals surface area contributed by atoms with Crippen LogP contribution in [-0.2, 0) is 0 Å². The summed E-state index contributed by atoms with van der Waals surface area (Å²) in [5.41, 5.74) is 4.01. The van der Waals surface area contributed by atoms with Gasteiger partial charge >= 0.3 is 0 Å². The fraction of sp³-hybridized carbons (Fsp3) is 0.238. The average Bonchev–Trinajstić information content (AvgIpc) is 2.69. The van der Waals surface area contributed by atoms with Gasteiger partial charge in [-0.2, -0.15) is 10.5 Å². The minimum absolute atomic E-state index is 0.530. The molecule has 1 fully saturated rings. The highest BCUT2D eigenvalue weighted by Crippen LogP contribution is 2.24. The Balaban J connectivity index is 1.65. The summed E-state index contributed by atoms with van der Waals surface area (Å²) >= 11 is 0. The fourth-order valence-corrected chi connectivity index (χ4v) is 2.77. The van der Waals surface area contributed by atoms with E-state index in [9.17, 15) is 5.26 Å². The van der Waals surface area contributed by atoms with Crippen molar-refractivity contribution in [3.63, 3.8) is 0 Å². The molecule has 0 radical (unpaired) electrons. The minimum atomic E-state index is 0.530. The average molecular weight is 339 g/mol. The van der Waals surface area contributed by atoms with Crippen molar-refractivity contribution in [1.29, 1.82) is 10.5 Å². The summed E-state index contributed by atoms with van der Waals surface area (Å²) in [7, 11) is 0. The lowest BCUT2D eigenvalue weighted by Gasteiger charge is -2.30. The maximum Gasteiger partial charge on any atom is 0.146 e. The van der Waals surface area contributed by atoms with Gasteiger partial charge in [0.05, 0.1) is 11.1 Å². The summed E-state index contributed by atoms with van der Waals surface area (Å²) in [5.74, 6) is 6.82. The summed E-state index contributed by atoms with van der Waals surface area (Å²) in [5, 5.41) is 18.0. The summed E-state index contributed by atoms with van der Waals surface area (Å²) in [6.07, 6.45) is 5.27. The van der Waals surface area contributed by atoms with Gasteiger partial charge in [-0.15, -0.1) is 0 Å². The Hall–Kier alpha value is -3.62. The molecule has 1 aliphatic heterocycles. The minimum Gasteiger partial charge on any atom is -0.355 e. The molecule has 0 unspecified atom stereocenters. The Kier molecular flexibility index (Phi) is 5.28. The summed E-state index contributed by atoms with van der Waals surface area (Å²) < 4.78 is 0. The van der Waals surface area contributed by atoms with E-state index in [1.54, 1.807) is 12.1 Å². The van der Waals surface area contributed by atoms with Crippen LogP contribution in [0.3, 0.4) is 0 Å². The standard InChI is InChI=1S/C21H17N5/c1-16-5-7-19(14-23)21(25-16)26-11-9-17(10-12-26)3-2-4-20-8-6-18(13-22)15-24-20/h3,5-8,15H,9-12H2,1H3. The van der Waals surface area contributed by atoms with Gasteiger partial charge in [-0.3, -0.25) is 0 Å². The monoisotopic (exact) mass is 339 g/mol. The number of anilines is 1. The summed E-state index contributed by atoms with van der Waals surface area (Å²) in [6.45, 7) is 3.59. The van der Waals surface area contributed by atoms with E-state index in [4.69, 9.17) is 5.26 Å². The second-order valence-corrected chi connectivity index (χ2v) is 6.04. The van der Waals surface area contributed by atoms with Gasteiger partial charge in [0, 0.05) is 25.0 Å². The molecule has 0 spiro atoms. The molecule has 0 saturated carbocycles. The first-order valence-electron chi connectivity index (χ1n) is 8.38. The van der Waals surface area contributed by atoms with Crippen LogP contribution in [0.25, 0.3) is 0 Å². The van der Waals surface area contributed by atoms with Crippen LogP contribution in [0.5, 0.6) is 0 Å². The highest BCUT2D eigenvalue weighted by Gasteiger charge is 2.18. The predicted octanol–water partition coefficient (Wildman–Crippen LogP) is 3.11. The molecule has 0 N–H and O–H groups in total. The van der Waals surface area contributed by atoms with E-state index in [1.807, 2.05) is 31.2 Å². The molecule has 2 aromatic rings. The van der Waals surface area contributed by atoms with Crippen molar-refractivity contribution < 1.29 is 0 Å². The molecule has 1 saturated heterocycles. The number of aromatic nitrogens is 2. The molecule has 0 aromatic carbocycles. The van der Waals surface area contributed by atoms with Crippen molar-refractivity contribution in [2.75, 3.05) is 18.0 Å². The third kappa shape index (κ3) is 4.07. The van der Waals surface area contributed by atoms with Gasteiger partial charge in [0.1, 0.15) is 23.7 Å². The maximum absolute atomic E-state index is 9.28. The molecule has 3 heterocycles. The van der Waals surface area contributed by atoms with Gasteiger partial charge in [-0.1, -0.05) is 11.5 Å². The zero-order valence-corrected chi connectivity index (χ0v) is 14.5. The molecule has 5 nitrogen and oxygen atoms in total. The molecule has 0 aliphatic carbocycles. The molecule has 2 aromatic heterocycles. The van der Waals surface area contributed by atoms with Crippen LogP contribution in [0, 0.1) is 41.4 Å². The first kappa shape index (κ1) is 17.2. The predicted molar refractivity (Wildman–Crippen MR) is 99.0 cm³/mol. The number of piperidine rings is 1. The molecular weight excluding hydrogens is 322 g/mol. The van der Waals surface area contributed by atoms with E-state index in [1.165, 1.54) is 11.8 Å². The highest BCUT2D eigenvalue weighted by atomic mass is 15.2. The topological polar surface area (TPSA) is 76.6 Å². The Morgan fingerprint density at radius 2 is 1.88 bits per heavy atom. The second kappa shape index (κ2) is 7.97. The van der Waals surface area contributed by atoms with E-state index in [0.717, 1.165) is 37.4 Å². The van der Waals surface area contributed by atoms with Crippen LogP contribution < -0.4 is 4.90 Å². The van der Waals surface area contributed by atoms with E-state index < -0.39 is 0 Å². The zero-order valence-electron chi connectivity index (χ0n) is 14.5. The van der Waals surface area contributed by atoms with Crippen molar-refractivity contribution in [2.24, 2.45) is 0 Å². The van der Waals surface area contributed by atoms with Gasteiger partial charge in [-0.05, 0) is 56.0 Å². The molecule has 0 bridgehead atoms. The lowest BCUT2D eigenvalue weighted by Crippen LogP contribution is -2.32. The number of aryl methyl sites for hydroxylation is 1. The number of nitriles is 2. The largest absolute Gasteiger partial charge is 0.355 e. The normalized spacial score (nSPS) is 13.2. The van der Waals surface area contributed by atoms with Gasteiger partial charge in [-0.25, -0.2) is 9.97 Å². The smallest absolute Gasteiger partial charge is 0.146 e. The van der Waals surface area contributed by atoms with Crippen molar-refractivity contribution in [3.05, 3.63) is 64.6 Å². The third-order valence-corrected chi connectivity index (χ3v) is 4.21. The third-order valence-electron chi connectivity index (χ3n) is 4.21. The van der Waals surface area contributed by atoms with Gasteiger partial charge in [0.15, 0.2) is 0 Å². The van der Waals surface area contributed by atoms with Crippen molar-refractivity contribution in [2.45, 2.75) is 19.8 Å². The molecule has 1 aliphatic rings. The zero-order chi connectivity index (χ0) is 18.4. The molecule has 126 valence electrons. The quantitative estimate of drug-likeness (QED) is 0.746. The lowest BCUT2D eigenvalue weighted by atomic mass is 10.0. The molecular formula is C21H17N5. The fourth-order valence-electron chi connectivity index (χ4n) is 2.77. The molecule has 3 rings (SSSR count). The Labute approximate surface area is 153 Å². The molecule has 5 heteroatoms. The van der Waals surface area contributed by atoms with E-state index >= 15 is 0 Å². The Bertz CT molecular complexity index is 968. The lowest BCUT2D eigenvalue weighted by molar-refractivity contribution is 0.676. The van der Waals surface area contributed by atoms with E-state index in [-0.39, 0.29) is 0 Å². The van der Waals surface area contributed by atoms with Gasteiger partial charge < -0.3 is 4.90 Å². The van der Waals surface area contributed by atoms with Gasteiger partial charge in [0.2, 0.25) is 0 Å². The van der Waals surface area contributed by atoms with Crippen LogP contribution in [0.15, 0.2) is 42.1 Å². The number of hydrogen-bond donors (Lipinski definition) is 0. The Morgan fingerprint density at radius 1 is 1.08 bits per heavy atom. The number of pyridine rings is 2. The summed E-state index contributed by atoms with van der Waals surface area (Å²) in [6, 6.07) is 11.4. The van der Waals surface area contributed by atoms with Crippen LogP contribution in [0.4, 0.5) is 5.82 Å². The van der Waals surface area contributed by atoms with Crippen LogP contribution in [-0.4, -0.2) is 23.1 Å². The van der Waals surface area contributed by atoms with Gasteiger partial charge in [0.25, 0.3) is 0 Å². The van der Waals surface area contributed by atoms with Crippen molar-refractivity contribution >= 4 is 5.82 Å². The maximum atomic E-state index is 9.28. The number of nitrogens with zero attached hydrogens (tertiary/aromatic N) is 5. The molecule has 26 heavy (non-hydrogen) atoms. The van der Waals surface area contributed by atoms with Crippen LogP contribution in [0.2, 0.25) is 0 Å². The Morgan fingerprint density at radius 3 is 2.54 bits per heavy atom. The van der Waals surface area contributed by atoms with Crippen LogP contribution in [0.1, 0.15) is 35.4 Å². The first-order valence-corrected chi connectivity index (χ1v) is 8.38. The van der Waals surface area contributed by atoms with Crippen molar-refractivity contribution in [3.8, 4) is 24.0 Å². The number of hydrogen-bond acceptors (Lipinski definition) is 5. The molecule has 0 amide bonds.